The molecule has 1 aromatic rings. The van der Waals surface area contributed by atoms with Crippen molar-refractivity contribution in [2.45, 2.75) is 25.4 Å². The second kappa shape index (κ2) is 3.49. The molecule has 1 aliphatic heterocycles. The Bertz CT molecular complexity index is 368. The predicted molar refractivity (Wildman–Crippen MR) is 62.6 cm³/mol. The van der Waals surface area contributed by atoms with Gasteiger partial charge in [-0.15, -0.1) is 0 Å². The molecule has 0 aromatic heterocycles. The van der Waals surface area contributed by atoms with Gasteiger partial charge in [0, 0.05) is 18.6 Å². The van der Waals surface area contributed by atoms with Crippen molar-refractivity contribution in [1.82, 2.24) is 4.90 Å². The van der Waals surface area contributed by atoms with E-state index in [1.54, 1.807) is 0 Å². The Kier molecular flexibility index (Phi) is 2.14. The fourth-order valence-electron chi connectivity index (χ4n) is 2.91. The summed E-state index contributed by atoms with van der Waals surface area (Å²) in [4.78, 5) is 2.62. The average molecular weight is 199 g/mol. The summed E-state index contributed by atoms with van der Waals surface area (Å²) in [6.45, 7) is 3.57. The van der Waals surface area contributed by atoms with E-state index in [1.165, 1.54) is 18.5 Å². The molecule has 15 heavy (non-hydrogen) atoms. The lowest BCUT2D eigenvalue weighted by molar-refractivity contribution is 0.213. The summed E-state index contributed by atoms with van der Waals surface area (Å²) in [5, 5.41) is 0. The van der Waals surface area contributed by atoms with Gasteiger partial charge < -0.3 is 0 Å². The SMILES string of the molecule is C[C@@H](c1ccccc1)N1C[C@H]2C=C[C@H]1C2. The van der Waals surface area contributed by atoms with Gasteiger partial charge in [0.25, 0.3) is 0 Å². The van der Waals surface area contributed by atoms with Crippen LogP contribution in [0.2, 0.25) is 0 Å². The average Bonchev–Trinajstić information content (AvgIpc) is 2.91. The molecule has 2 aliphatic rings. The lowest BCUT2D eigenvalue weighted by Crippen LogP contribution is -2.32. The minimum absolute atomic E-state index is 0.561. The molecule has 0 radical (unpaired) electrons. The molecule has 1 saturated heterocycles. The van der Waals surface area contributed by atoms with E-state index in [4.69, 9.17) is 0 Å². The molecule has 0 amide bonds. The van der Waals surface area contributed by atoms with E-state index < -0.39 is 0 Å². The van der Waals surface area contributed by atoms with Crippen LogP contribution in [0, 0.1) is 5.92 Å². The molecule has 1 heterocycles. The summed E-state index contributed by atoms with van der Waals surface area (Å²) in [6, 6.07) is 12.1. The number of rotatable bonds is 2. The zero-order valence-electron chi connectivity index (χ0n) is 9.13. The lowest BCUT2D eigenvalue weighted by atomic mass is 10.1. The van der Waals surface area contributed by atoms with Crippen molar-refractivity contribution in [3.63, 3.8) is 0 Å². The van der Waals surface area contributed by atoms with Gasteiger partial charge in [-0.2, -0.15) is 0 Å². The molecule has 0 saturated carbocycles. The normalized spacial score (nSPS) is 31.0. The highest BCUT2D eigenvalue weighted by atomic mass is 15.2. The van der Waals surface area contributed by atoms with Gasteiger partial charge in [-0.25, -0.2) is 0 Å². The highest BCUT2D eigenvalue weighted by molar-refractivity contribution is 5.22. The number of hydrogen-bond acceptors (Lipinski definition) is 1. The molecular weight excluding hydrogens is 182 g/mol. The molecule has 0 spiro atoms. The molecule has 1 aromatic carbocycles. The van der Waals surface area contributed by atoms with Crippen LogP contribution in [0.4, 0.5) is 0 Å². The van der Waals surface area contributed by atoms with Crippen LogP contribution in [0.25, 0.3) is 0 Å². The van der Waals surface area contributed by atoms with E-state index in [2.05, 4.69) is 54.3 Å². The second-order valence-corrected chi connectivity index (χ2v) is 4.73. The fourth-order valence-corrected chi connectivity index (χ4v) is 2.91. The molecule has 1 nitrogen and oxygen atoms in total. The van der Waals surface area contributed by atoms with Crippen molar-refractivity contribution in [2.75, 3.05) is 6.54 Å². The van der Waals surface area contributed by atoms with E-state index in [0.29, 0.717) is 12.1 Å². The van der Waals surface area contributed by atoms with Crippen LogP contribution in [0.1, 0.15) is 24.9 Å². The monoisotopic (exact) mass is 199 g/mol. The maximum absolute atomic E-state index is 2.62. The van der Waals surface area contributed by atoms with E-state index in [1.807, 2.05) is 0 Å². The second-order valence-electron chi connectivity index (χ2n) is 4.73. The van der Waals surface area contributed by atoms with Gasteiger partial charge in [-0.3, -0.25) is 4.90 Å². The van der Waals surface area contributed by atoms with Gasteiger partial charge in [0.2, 0.25) is 0 Å². The van der Waals surface area contributed by atoms with Crippen LogP contribution < -0.4 is 0 Å². The first-order valence-corrected chi connectivity index (χ1v) is 5.83. The first-order valence-electron chi connectivity index (χ1n) is 5.83. The third-order valence-corrected chi connectivity index (χ3v) is 3.80. The smallest absolute Gasteiger partial charge is 0.0326 e. The van der Waals surface area contributed by atoms with Crippen LogP contribution in [0.5, 0.6) is 0 Å². The molecule has 3 rings (SSSR count). The minimum atomic E-state index is 0.561. The predicted octanol–water partition coefficient (Wildman–Crippen LogP) is 3.01. The summed E-state index contributed by atoms with van der Waals surface area (Å²) in [5.41, 5.74) is 1.44. The zero-order valence-corrected chi connectivity index (χ0v) is 9.13. The molecule has 0 unspecified atom stereocenters. The first kappa shape index (κ1) is 9.17. The zero-order chi connectivity index (χ0) is 10.3. The number of fused-ring (bicyclic) bond motifs is 2. The van der Waals surface area contributed by atoms with Crippen molar-refractivity contribution >= 4 is 0 Å². The van der Waals surface area contributed by atoms with Crippen molar-refractivity contribution < 1.29 is 0 Å². The lowest BCUT2D eigenvalue weighted by Gasteiger charge is -2.30. The minimum Gasteiger partial charge on any atom is -0.290 e. The molecule has 1 heteroatoms. The maximum atomic E-state index is 2.62. The van der Waals surface area contributed by atoms with Crippen molar-refractivity contribution in [3.05, 3.63) is 48.0 Å². The molecule has 2 bridgehead atoms. The highest BCUT2D eigenvalue weighted by Crippen LogP contribution is 2.37. The molecule has 78 valence electrons. The van der Waals surface area contributed by atoms with Crippen molar-refractivity contribution in [2.24, 2.45) is 5.92 Å². The van der Waals surface area contributed by atoms with Crippen LogP contribution in [0.15, 0.2) is 42.5 Å². The summed E-state index contributed by atoms with van der Waals surface area (Å²) < 4.78 is 0. The molecule has 3 atom stereocenters. The molecular formula is C14H17N. The van der Waals surface area contributed by atoms with Gasteiger partial charge in [-0.1, -0.05) is 42.5 Å². The molecule has 0 N–H and O–H groups in total. The quantitative estimate of drug-likeness (QED) is 0.662. The summed E-state index contributed by atoms with van der Waals surface area (Å²) in [7, 11) is 0. The first-order chi connectivity index (χ1) is 7.34. The van der Waals surface area contributed by atoms with Crippen LogP contribution >= 0.6 is 0 Å². The van der Waals surface area contributed by atoms with Crippen LogP contribution in [0.3, 0.4) is 0 Å². The Balaban J connectivity index is 1.81. The van der Waals surface area contributed by atoms with Crippen LogP contribution in [-0.2, 0) is 0 Å². The number of likely N-dealkylation sites (tertiary alicyclic amines) is 1. The summed E-state index contributed by atoms with van der Waals surface area (Å²) in [5.74, 6) is 0.821. The van der Waals surface area contributed by atoms with Gasteiger partial charge in [0.15, 0.2) is 0 Å². The summed E-state index contributed by atoms with van der Waals surface area (Å²) >= 11 is 0. The number of nitrogens with zero attached hydrogens (tertiary/aromatic N) is 1. The Morgan fingerprint density at radius 3 is 2.60 bits per heavy atom. The van der Waals surface area contributed by atoms with Crippen LogP contribution in [-0.4, -0.2) is 17.5 Å². The number of benzene rings is 1. The Morgan fingerprint density at radius 1 is 1.20 bits per heavy atom. The Hall–Kier alpha value is -1.08. The largest absolute Gasteiger partial charge is 0.290 e. The molecule has 1 fully saturated rings. The standard InChI is InChI=1S/C14H17N/c1-11(13-5-3-2-4-6-13)15-10-12-7-8-14(15)9-12/h2-8,11-12,14H,9-10H2,1H3/t11-,12-,14-/m0/s1. The Labute approximate surface area is 91.4 Å². The summed E-state index contributed by atoms with van der Waals surface area (Å²) in [6.07, 6.45) is 6.11. The third kappa shape index (κ3) is 1.51. The van der Waals surface area contributed by atoms with E-state index >= 15 is 0 Å². The van der Waals surface area contributed by atoms with Gasteiger partial charge >= 0.3 is 0 Å². The fraction of sp³-hybridized carbons (Fsp3) is 0.429. The highest BCUT2D eigenvalue weighted by Gasteiger charge is 2.36. The van der Waals surface area contributed by atoms with Gasteiger partial charge in [0.05, 0.1) is 0 Å². The van der Waals surface area contributed by atoms with Gasteiger partial charge in [0.1, 0.15) is 0 Å². The Morgan fingerprint density at radius 2 is 2.00 bits per heavy atom. The van der Waals surface area contributed by atoms with E-state index in [9.17, 15) is 0 Å². The third-order valence-electron chi connectivity index (χ3n) is 3.80. The topological polar surface area (TPSA) is 3.24 Å². The number of hydrogen-bond donors (Lipinski definition) is 0. The van der Waals surface area contributed by atoms with Crippen molar-refractivity contribution in [1.29, 1.82) is 0 Å². The van der Waals surface area contributed by atoms with E-state index in [-0.39, 0.29) is 0 Å². The maximum Gasteiger partial charge on any atom is 0.0326 e. The van der Waals surface area contributed by atoms with Gasteiger partial charge in [-0.05, 0) is 24.8 Å². The molecule has 1 aliphatic carbocycles. The van der Waals surface area contributed by atoms with Crippen molar-refractivity contribution in [3.8, 4) is 0 Å². The van der Waals surface area contributed by atoms with E-state index in [0.717, 1.165) is 5.92 Å².